The first-order valence-electron chi connectivity index (χ1n) is 5.86. The molecule has 98 valence electrons. The van der Waals surface area contributed by atoms with Crippen LogP contribution in [0.5, 0.6) is 5.75 Å². The van der Waals surface area contributed by atoms with Crippen molar-refractivity contribution in [3.63, 3.8) is 0 Å². The molecule has 0 aromatic heterocycles. The van der Waals surface area contributed by atoms with Crippen LogP contribution < -0.4 is 39.4 Å². The number of carboxylic acid groups (broad SMARTS) is 1. The van der Waals surface area contributed by atoms with Crippen molar-refractivity contribution in [1.82, 2.24) is 0 Å². The van der Waals surface area contributed by atoms with Gasteiger partial charge in [-0.25, -0.2) is 0 Å². The van der Waals surface area contributed by atoms with Crippen LogP contribution in [0.3, 0.4) is 0 Å². The number of hydrogen-bond donors (Lipinski definition) is 0. The molecule has 1 unspecified atom stereocenters. The van der Waals surface area contributed by atoms with E-state index in [1.54, 1.807) is 12.1 Å². The van der Waals surface area contributed by atoms with Gasteiger partial charge in [0, 0.05) is 5.02 Å². The van der Waals surface area contributed by atoms with Crippen LogP contribution in [0.25, 0.3) is 0 Å². The summed E-state index contributed by atoms with van der Waals surface area (Å²) in [6, 6.07) is 7.18. The van der Waals surface area contributed by atoms with Crippen molar-refractivity contribution >= 4 is 17.6 Å². The normalized spacial score (nSPS) is 20.5. The van der Waals surface area contributed by atoms with Crippen LogP contribution >= 0.6 is 11.6 Å². The maximum absolute atomic E-state index is 10.7. The van der Waals surface area contributed by atoms with E-state index in [9.17, 15) is 9.90 Å². The molecule has 0 aliphatic carbocycles. The SMILES string of the molecule is O=C([O-])C1(CCCCOc2cccc(Cl)c2)CO1.[Na+]. The number of carboxylic acids is 1. The number of unbranched alkanes of at least 4 members (excludes halogenated alkanes) is 1. The zero-order valence-electron chi connectivity index (χ0n) is 10.9. The third-order valence-corrected chi connectivity index (χ3v) is 3.14. The summed E-state index contributed by atoms with van der Waals surface area (Å²) < 4.78 is 10.4. The molecule has 19 heavy (non-hydrogen) atoms. The van der Waals surface area contributed by atoms with Crippen LogP contribution in [-0.2, 0) is 9.53 Å². The van der Waals surface area contributed by atoms with Gasteiger partial charge in [0.15, 0.2) is 0 Å². The third-order valence-electron chi connectivity index (χ3n) is 2.90. The quantitative estimate of drug-likeness (QED) is 0.345. The molecule has 1 saturated heterocycles. The summed E-state index contributed by atoms with van der Waals surface area (Å²) in [5, 5.41) is 11.4. The fourth-order valence-corrected chi connectivity index (χ4v) is 1.89. The number of benzene rings is 1. The zero-order valence-corrected chi connectivity index (χ0v) is 13.6. The van der Waals surface area contributed by atoms with E-state index < -0.39 is 11.6 Å². The van der Waals surface area contributed by atoms with E-state index in [2.05, 4.69) is 0 Å². The number of hydrogen-bond acceptors (Lipinski definition) is 4. The monoisotopic (exact) mass is 292 g/mol. The number of ether oxygens (including phenoxy) is 2. The summed E-state index contributed by atoms with van der Waals surface area (Å²) >= 11 is 5.82. The van der Waals surface area contributed by atoms with Gasteiger partial charge in [-0.15, -0.1) is 0 Å². The molecule has 1 aromatic rings. The van der Waals surface area contributed by atoms with Crippen molar-refractivity contribution in [1.29, 1.82) is 0 Å². The van der Waals surface area contributed by atoms with Crippen LogP contribution in [0.2, 0.25) is 5.02 Å². The molecule has 6 heteroatoms. The molecule has 0 bridgehead atoms. The predicted molar refractivity (Wildman–Crippen MR) is 64.5 cm³/mol. The average Bonchev–Trinajstić information content (AvgIpc) is 3.10. The Morgan fingerprint density at radius 3 is 2.79 bits per heavy atom. The first kappa shape index (κ1) is 16.8. The molecule has 0 N–H and O–H groups in total. The Bertz CT molecular complexity index is 434. The van der Waals surface area contributed by atoms with Gasteiger partial charge in [-0.05, 0) is 37.5 Å². The molecule has 1 fully saturated rings. The fourth-order valence-electron chi connectivity index (χ4n) is 1.71. The van der Waals surface area contributed by atoms with Gasteiger partial charge in [-0.2, -0.15) is 0 Å². The van der Waals surface area contributed by atoms with Gasteiger partial charge in [-0.3, -0.25) is 0 Å². The molecule has 1 aliphatic heterocycles. The summed E-state index contributed by atoms with van der Waals surface area (Å²) in [5.41, 5.74) is -1.02. The minimum Gasteiger partial charge on any atom is -0.547 e. The minimum atomic E-state index is -1.11. The number of epoxide rings is 1. The minimum absolute atomic E-state index is 0. The van der Waals surface area contributed by atoms with Crippen LogP contribution in [0.4, 0.5) is 0 Å². The van der Waals surface area contributed by atoms with E-state index in [0.717, 1.165) is 18.6 Å². The second-order valence-electron chi connectivity index (χ2n) is 4.33. The Morgan fingerprint density at radius 1 is 1.47 bits per heavy atom. The number of rotatable bonds is 7. The van der Waals surface area contributed by atoms with Gasteiger partial charge in [-0.1, -0.05) is 17.7 Å². The molecule has 0 spiro atoms. The topological polar surface area (TPSA) is 61.9 Å². The van der Waals surface area contributed by atoms with Gasteiger partial charge in [0.1, 0.15) is 11.4 Å². The second kappa shape index (κ2) is 7.50. The molecule has 2 rings (SSSR count). The summed E-state index contributed by atoms with van der Waals surface area (Å²) in [4.78, 5) is 10.7. The Labute approximate surface area is 139 Å². The summed E-state index contributed by atoms with van der Waals surface area (Å²) in [5.74, 6) is -0.391. The molecule has 1 atom stereocenters. The van der Waals surface area contributed by atoms with Gasteiger partial charge in [0.2, 0.25) is 0 Å². The fraction of sp³-hybridized carbons (Fsp3) is 0.462. The van der Waals surface area contributed by atoms with Gasteiger partial charge >= 0.3 is 29.6 Å². The van der Waals surface area contributed by atoms with Gasteiger partial charge < -0.3 is 19.4 Å². The van der Waals surface area contributed by atoms with E-state index in [1.807, 2.05) is 12.1 Å². The maximum atomic E-state index is 10.7. The van der Waals surface area contributed by atoms with Crippen molar-refractivity contribution in [2.75, 3.05) is 13.2 Å². The summed E-state index contributed by atoms with van der Waals surface area (Å²) in [6.45, 7) is 0.800. The van der Waals surface area contributed by atoms with Crippen LogP contribution in [-0.4, -0.2) is 24.8 Å². The molecular weight excluding hydrogens is 279 g/mol. The van der Waals surface area contributed by atoms with Crippen molar-refractivity contribution in [3.05, 3.63) is 29.3 Å². The smallest absolute Gasteiger partial charge is 0.547 e. The molecule has 0 radical (unpaired) electrons. The van der Waals surface area contributed by atoms with E-state index in [4.69, 9.17) is 21.1 Å². The van der Waals surface area contributed by atoms with Crippen molar-refractivity contribution in [2.24, 2.45) is 0 Å². The second-order valence-corrected chi connectivity index (χ2v) is 4.77. The van der Waals surface area contributed by atoms with E-state index in [0.29, 0.717) is 18.1 Å². The first-order chi connectivity index (χ1) is 8.62. The molecule has 1 heterocycles. The molecule has 0 amide bonds. The van der Waals surface area contributed by atoms with Gasteiger partial charge in [0.25, 0.3) is 0 Å². The van der Waals surface area contributed by atoms with Crippen molar-refractivity contribution < 1.29 is 48.9 Å². The average molecular weight is 293 g/mol. The Hall–Kier alpha value is -0.260. The maximum Gasteiger partial charge on any atom is 1.00 e. The van der Waals surface area contributed by atoms with Crippen molar-refractivity contribution in [3.8, 4) is 5.75 Å². The third kappa shape index (κ3) is 4.97. The van der Waals surface area contributed by atoms with E-state index >= 15 is 0 Å². The standard InChI is InChI=1S/C13H15ClO4.Na/c14-10-4-3-5-11(8-10)17-7-2-1-6-13(9-18-13)12(15)16;/h3-5,8H,1-2,6-7,9H2,(H,15,16);/q;+1/p-1. The molecule has 0 saturated carbocycles. The Balaban J connectivity index is 0.00000180. The summed E-state index contributed by atoms with van der Waals surface area (Å²) in [7, 11) is 0. The molecule has 1 aliphatic rings. The van der Waals surface area contributed by atoms with Crippen molar-refractivity contribution in [2.45, 2.75) is 24.9 Å². The van der Waals surface area contributed by atoms with Crippen LogP contribution in [0.1, 0.15) is 19.3 Å². The Kier molecular flexibility index (Phi) is 6.63. The molecule has 1 aromatic carbocycles. The molecule has 4 nitrogen and oxygen atoms in total. The van der Waals surface area contributed by atoms with Gasteiger partial charge in [0.05, 0.1) is 19.2 Å². The zero-order chi connectivity index (χ0) is 13.0. The largest absolute Gasteiger partial charge is 1.00 e. The number of carbonyl (C=O) groups excluding carboxylic acids is 1. The molecular formula is C13H14ClNaO4. The number of carbonyl (C=O) groups is 1. The van der Waals surface area contributed by atoms with E-state index in [1.165, 1.54) is 0 Å². The Morgan fingerprint density at radius 2 is 2.21 bits per heavy atom. The first-order valence-corrected chi connectivity index (χ1v) is 6.24. The summed E-state index contributed by atoms with van der Waals surface area (Å²) in [6.07, 6.45) is 1.98. The number of halogens is 1. The number of aliphatic carboxylic acids is 1. The van der Waals surface area contributed by atoms with E-state index in [-0.39, 0.29) is 36.2 Å². The van der Waals surface area contributed by atoms with Crippen LogP contribution in [0.15, 0.2) is 24.3 Å². The predicted octanol–water partition coefficient (Wildman–Crippen LogP) is -1.59. The van der Waals surface area contributed by atoms with Crippen LogP contribution in [0, 0.1) is 0 Å².